The highest BCUT2D eigenvalue weighted by Crippen LogP contribution is 2.33. The van der Waals surface area contributed by atoms with Gasteiger partial charge >= 0.3 is 0 Å². The lowest BCUT2D eigenvalue weighted by Gasteiger charge is -2.29. The minimum Gasteiger partial charge on any atom is -0.454 e. The van der Waals surface area contributed by atoms with Crippen LogP contribution >= 0.6 is 0 Å². The lowest BCUT2D eigenvalue weighted by molar-refractivity contribution is -0.135. The molecule has 0 aliphatic carbocycles. The second kappa shape index (κ2) is 8.04. The molecule has 2 aromatic carbocycles. The van der Waals surface area contributed by atoms with Gasteiger partial charge in [0, 0.05) is 19.6 Å². The smallest absolute Gasteiger partial charge is 0.243 e. The predicted octanol–water partition coefficient (Wildman–Crippen LogP) is 2.62. The fourth-order valence-corrected chi connectivity index (χ4v) is 5.49. The average Bonchev–Trinajstić information content (AvgIpc) is 3.41. The van der Waals surface area contributed by atoms with Crippen LogP contribution in [-0.4, -0.2) is 49.5 Å². The molecule has 0 N–H and O–H groups in total. The number of carbonyl (C=O) groups is 1. The quantitative estimate of drug-likeness (QED) is 0.724. The van der Waals surface area contributed by atoms with Gasteiger partial charge in [-0.15, -0.1) is 0 Å². The first kappa shape index (κ1) is 19.7. The first-order chi connectivity index (χ1) is 14.0. The van der Waals surface area contributed by atoms with Crippen LogP contribution in [0.5, 0.6) is 11.5 Å². The first-order valence-electron chi connectivity index (χ1n) is 9.75. The molecule has 4 rings (SSSR count). The second-order valence-electron chi connectivity index (χ2n) is 7.13. The van der Waals surface area contributed by atoms with Gasteiger partial charge in [-0.05, 0) is 49.6 Å². The number of hydrogen-bond acceptors (Lipinski definition) is 5. The zero-order chi connectivity index (χ0) is 20.4. The summed E-state index contributed by atoms with van der Waals surface area (Å²) in [5, 5.41) is 0. The molecule has 29 heavy (non-hydrogen) atoms. The molecule has 2 aromatic rings. The fourth-order valence-electron chi connectivity index (χ4n) is 3.82. The molecule has 1 unspecified atom stereocenters. The number of amides is 1. The molecule has 0 bridgehead atoms. The van der Waals surface area contributed by atoms with Gasteiger partial charge in [-0.2, -0.15) is 4.31 Å². The van der Waals surface area contributed by atoms with Crippen molar-refractivity contribution in [2.24, 2.45) is 0 Å². The molecular formula is C21H24N2O5S. The SMILES string of the molecule is CCN(Cc1ccc2c(c1)OCO2)C(=O)C1CCCN1S(=O)(=O)c1ccccc1. The van der Waals surface area contributed by atoms with Crippen molar-refractivity contribution < 1.29 is 22.7 Å². The highest BCUT2D eigenvalue weighted by molar-refractivity contribution is 7.89. The van der Waals surface area contributed by atoms with E-state index in [2.05, 4.69) is 0 Å². The molecule has 1 atom stereocenters. The monoisotopic (exact) mass is 416 g/mol. The Balaban J connectivity index is 1.53. The lowest BCUT2D eigenvalue weighted by Crippen LogP contribution is -2.47. The van der Waals surface area contributed by atoms with E-state index in [0.29, 0.717) is 44.0 Å². The maximum absolute atomic E-state index is 13.3. The van der Waals surface area contributed by atoms with Crippen molar-refractivity contribution in [2.75, 3.05) is 19.9 Å². The zero-order valence-corrected chi connectivity index (χ0v) is 17.1. The summed E-state index contributed by atoms with van der Waals surface area (Å²) in [5.74, 6) is 1.20. The number of sulfonamides is 1. The van der Waals surface area contributed by atoms with Crippen LogP contribution < -0.4 is 9.47 Å². The molecular weight excluding hydrogens is 392 g/mol. The molecule has 154 valence electrons. The largest absolute Gasteiger partial charge is 0.454 e. The van der Waals surface area contributed by atoms with Gasteiger partial charge < -0.3 is 14.4 Å². The van der Waals surface area contributed by atoms with E-state index >= 15 is 0 Å². The van der Waals surface area contributed by atoms with Crippen LogP contribution in [-0.2, 0) is 21.4 Å². The van der Waals surface area contributed by atoms with Crippen molar-refractivity contribution >= 4 is 15.9 Å². The van der Waals surface area contributed by atoms with E-state index in [4.69, 9.17) is 9.47 Å². The number of likely N-dealkylation sites (N-methyl/N-ethyl adjacent to an activating group) is 1. The van der Waals surface area contributed by atoms with Crippen molar-refractivity contribution in [3.63, 3.8) is 0 Å². The third-order valence-electron chi connectivity index (χ3n) is 5.34. The van der Waals surface area contributed by atoms with Crippen molar-refractivity contribution in [1.29, 1.82) is 0 Å². The minimum absolute atomic E-state index is 0.165. The highest BCUT2D eigenvalue weighted by atomic mass is 32.2. The Morgan fingerprint density at radius 3 is 2.66 bits per heavy atom. The van der Waals surface area contributed by atoms with Crippen LogP contribution in [0.2, 0.25) is 0 Å². The van der Waals surface area contributed by atoms with E-state index in [1.807, 2.05) is 25.1 Å². The van der Waals surface area contributed by atoms with Gasteiger partial charge in [0.2, 0.25) is 22.7 Å². The summed E-state index contributed by atoms with van der Waals surface area (Å²) in [5.41, 5.74) is 0.917. The fraction of sp³-hybridized carbons (Fsp3) is 0.381. The molecule has 0 spiro atoms. The number of fused-ring (bicyclic) bond motifs is 1. The van der Waals surface area contributed by atoms with E-state index in [1.165, 1.54) is 4.31 Å². The van der Waals surface area contributed by atoms with Gasteiger partial charge in [0.05, 0.1) is 4.90 Å². The lowest BCUT2D eigenvalue weighted by atomic mass is 10.1. The summed E-state index contributed by atoms with van der Waals surface area (Å²) < 4.78 is 38.2. The summed E-state index contributed by atoms with van der Waals surface area (Å²) in [6.07, 6.45) is 1.20. The Labute approximate surface area is 170 Å². The van der Waals surface area contributed by atoms with E-state index in [-0.39, 0.29) is 17.6 Å². The number of benzene rings is 2. The highest BCUT2D eigenvalue weighted by Gasteiger charge is 2.40. The molecule has 2 heterocycles. The normalized spacial score (nSPS) is 18.7. The van der Waals surface area contributed by atoms with Crippen molar-refractivity contribution in [3.05, 3.63) is 54.1 Å². The first-order valence-corrected chi connectivity index (χ1v) is 11.2. The standard InChI is InChI=1S/C21H24N2O5S/c1-2-22(14-16-10-11-19-20(13-16)28-15-27-19)21(24)18-9-6-12-23(18)29(25,26)17-7-4-3-5-8-17/h3-5,7-8,10-11,13,18H,2,6,9,12,14-15H2,1H3. The van der Waals surface area contributed by atoms with Crippen molar-refractivity contribution in [3.8, 4) is 11.5 Å². The van der Waals surface area contributed by atoms with Crippen molar-refractivity contribution in [1.82, 2.24) is 9.21 Å². The van der Waals surface area contributed by atoms with Gasteiger partial charge in [0.1, 0.15) is 6.04 Å². The maximum Gasteiger partial charge on any atom is 0.243 e. The Bertz CT molecular complexity index is 993. The number of hydrogen-bond donors (Lipinski definition) is 0. The predicted molar refractivity (Wildman–Crippen MR) is 107 cm³/mol. The molecule has 8 heteroatoms. The molecule has 2 aliphatic rings. The molecule has 0 saturated carbocycles. The van der Waals surface area contributed by atoms with Crippen LogP contribution in [0.3, 0.4) is 0 Å². The molecule has 1 fully saturated rings. The summed E-state index contributed by atoms with van der Waals surface area (Å²) >= 11 is 0. The zero-order valence-electron chi connectivity index (χ0n) is 16.3. The van der Waals surface area contributed by atoms with Gasteiger partial charge in [0.25, 0.3) is 0 Å². The topological polar surface area (TPSA) is 76.2 Å². The van der Waals surface area contributed by atoms with Crippen LogP contribution in [0.15, 0.2) is 53.4 Å². The molecule has 0 aromatic heterocycles. The average molecular weight is 416 g/mol. The van der Waals surface area contributed by atoms with Gasteiger partial charge in [-0.3, -0.25) is 4.79 Å². The van der Waals surface area contributed by atoms with E-state index in [9.17, 15) is 13.2 Å². The van der Waals surface area contributed by atoms with Crippen LogP contribution in [0.4, 0.5) is 0 Å². The minimum atomic E-state index is -3.71. The number of rotatable bonds is 6. The van der Waals surface area contributed by atoms with E-state index < -0.39 is 16.1 Å². The maximum atomic E-state index is 13.3. The van der Waals surface area contributed by atoms with Crippen LogP contribution in [0.25, 0.3) is 0 Å². The summed E-state index contributed by atoms with van der Waals surface area (Å²) in [4.78, 5) is 15.2. The third kappa shape index (κ3) is 3.82. The van der Waals surface area contributed by atoms with E-state index in [0.717, 1.165) is 5.56 Å². The van der Waals surface area contributed by atoms with Crippen LogP contribution in [0, 0.1) is 0 Å². The molecule has 0 radical (unpaired) electrons. The molecule has 2 aliphatic heterocycles. The summed E-state index contributed by atoms with van der Waals surface area (Å²) in [7, 11) is -3.71. The van der Waals surface area contributed by atoms with Gasteiger partial charge in [-0.25, -0.2) is 8.42 Å². The van der Waals surface area contributed by atoms with Gasteiger partial charge in [0.15, 0.2) is 11.5 Å². The van der Waals surface area contributed by atoms with Gasteiger partial charge in [-0.1, -0.05) is 24.3 Å². The Morgan fingerprint density at radius 2 is 1.90 bits per heavy atom. The third-order valence-corrected chi connectivity index (χ3v) is 7.26. The molecule has 7 nitrogen and oxygen atoms in total. The Kier molecular flexibility index (Phi) is 5.47. The Morgan fingerprint density at radius 1 is 1.14 bits per heavy atom. The Hall–Kier alpha value is -2.58. The molecule has 1 saturated heterocycles. The van der Waals surface area contributed by atoms with Crippen LogP contribution in [0.1, 0.15) is 25.3 Å². The number of carbonyl (C=O) groups excluding carboxylic acids is 1. The second-order valence-corrected chi connectivity index (χ2v) is 9.02. The summed E-state index contributed by atoms with van der Waals surface area (Å²) in [6.45, 7) is 3.33. The van der Waals surface area contributed by atoms with E-state index in [1.54, 1.807) is 35.2 Å². The summed E-state index contributed by atoms with van der Waals surface area (Å²) in [6, 6.07) is 13.2. The van der Waals surface area contributed by atoms with Crippen molar-refractivity contribution in [2.45, 2.75) is 37.2 Å². The number of ether oxygens (including phenoxy) is 2. The molecule has 1 amide bonds. The number of nitrogens with zero attached hydrogens (tertiary/aromatic N) is 2.